The quantitative estimate of drug-likeness (QED) is 0.721. The lowest BCUT2D eigenvalue weighted by molar-refractivity contribution is -0.0289. The predicted octanol–water partition coefficient (Wildman–Crippen LogP) is 2.78. The second-order valence-electron chi connectivity index (χ2n) is 6.62. The molecule has 1 aliphatic heterocycles. The number of fused-ring (bicyclic) bond motifs is 1. The van der Waals surface area contributed by atoms with Gasteiger partial charge in [0.1, 0.15) is 11.3 Å². The van der Waals surface area contributed by atoms with Crippen molar-refractivity contribution >= 4 is 0 Å². The Labute approximate surface area is 138 Å². The van der Waals surface area contributed by atoms with Gasteiger partial charge in [0, 0.05) is 25.0 Å². The normalized spacial score (nSPS) is 18.0. The average Bonchev–Trinajstić information content (AvgIpc) is 3.21. The summed E-state index contributed by atoms with van der Waals surface area (Å²) in [5.41, 5.74) is 2.67. The van der Waals surface area contributed by atoms with E-state index in [1.807, 2.05) is 25.4 Å². The zero-order valence-corrected chi connectivity index (χ0v) is 13.4. The zero-order valence-electron chi connectivity index (χ0n) is 13.4. The smallest absolute Gasteiger partial charge is 0.259 e. The minimum Gasteiger partial charge on any atom is -0.471 e. The molecule has 122 valence electrons. The van der Waals surface area contributed by atoms with E-state index < -0.39 is 0 Å². The third-order valence-corrected chi connectivity index (χ3v) is 4.97. The third kappa shape index (κ3) is 2.11. The molecular formula is C17H17N5O2. The first-order chi connectivity index (χ1) is 11.7. The molecule has 1 fully saturated rings. The van der Waals surface area contributed by atoms with E-state index in [0.717, 1.165) is 42.7 Å². The molecule has 0 radical (unpaired) electrons. The number of ether oxygens (including phenoxy) is 1. The van der Waals surface area contributed by atoms with E-state index in [2.05, 4.69) is 20.2 Å². The van der Waals surface area contributed by atoms with Crippen LogP contribution in [0.4, 0.5) is 0 Å². The van der Waals surface area contributed by atoms with Crippen LogP contribution in [0.15, 0.2) is 29.0 Å². The van der Waals surface area contributed by atoms with Gasteiger partial charge in [-0.05, 0) is 44.2 Å². The molecule has 24 heavy (non-hydrogen) atoms. The second kappa shape index (κ2) is 4.90. The third-order valence-electron chi connectivity index (χ3n) is 4.97. The molecule has 3 aromatic heterocycles. The van der Waals surface area contributed by atoms with Crippen LogP contribution in [0.5, 0.6) is 5.88 Å². The molecule has 0 N–H and O–H groups in total. The van der Waals surface area contributed by atoms with Gasteiger partial charge in [-0.25, -0.2) is 4.98 Å². The molecular weight excluding hydrogens is 306 g/mol. The second-order valence-corrected chi connectivity index (χ2v) is 6.62. The highest BCUT2D eigenvalue weighted by atomic mass is 16.5. The van der Waals surface area contributed by atoms with Crippen LogP contribution in [0.1, 0.15) is 31.2 Å². The summed E-state index contributed by atoms with van der Waals surface area (Å²) in [7, 11) is 1.85. The molecule has 7 nitrogen and oxygen atoms in total. The zero-order chi connectivity index (χ0) is 16.1. The van der Waals surface area contributed by atoms with Crippen LogP contribution >= 0.6 is 0 Å². The summed E-state index contributed by atoms with van der Waals surface area (Å²) in [5, 5.41) is 8.30. The summed E-state index contributed by atoms with van der Waals surface area (Å²) in [5.74, 6) is 1.69. The molecule has 1 saturated carbocycles. The van der Waals surface area contributed by atoms with Gasteiger partial charge in [-0.1, -0.05) is 5.16 Å². The van der Waals surface area contributed by atoms with Crippen molar-refractivity contribution in [1.29, 1.82) is 0 Å². The van der Waals surface area contributed by atoms with Gasteiger partial charge in [-0.3, -0.25) is 4.68 Å². The van der Waals surface area contributed by atoms with Crippen LogP contribution in [0.25, 0.3) is 23.0 Å². The first-order valence-corrected chi connectivity index (χ1v) is 8.23. The minimum atomic E-state index is 0.0537. The summed E-state index contributed by atoms with van der Waals surface area (Å²) < 4.78 is 13.2. The first-order valence-electron chi connectivity index (χ1n) is 8.23. The number of nitrogens with zero attached hydrogens (tertiary/aromatic N) is 5. The van der Waals surface area contributed by atoms with E-state index >= 15 is 0 Å². The van der Waals surface area contributed by atoms with E-state index in [1.165, 1.54) is 6.42 Å². The maximum Gasteiger partial charge on any atom is 0.259 e. The van der Waals surface area contributed by atoms with Crippen molar-refractivity contribution < 1.29 is 9.26 Å². The van der Waals surface area contributed by atoms with E-state index in [0.29, 0.717) is 17.4 Å². The fourth-order valence-electron chi connectivity index (χ4n) is 3.41. The largest absolute Gasteiger partial charge is 0.471 e. The molecule has 2 aliphatic rings. The topological polar surface area (TPSA) is 78.9 Å². The molecule has 1 spiro atoms. The fraction of sp³-hybridized carbons (Fsp3) is 0.412. The standard InChI is InChI=1S/C17H17N5O2/c1-22-8-4-13(20-22)14-19-16(24-21-14)12-9-11-3-7-17(5-2-6-17)23-15(11)18-10-12/h4,8-10H,2-3,5-7H2,1H3. The summed E-state index contributed by atoms with van der Waals surface area (Å²) in [6, 6.07) is 3.90. The summed E-state index contributed by atoms with van der Waals surface area (Å²) in [4.78, 5) is 8.92. The highest BCUT2D eigenvalue weighted by molar-refractivity contribution is 5.58. The molecule has 7 heteroatoms. The van der Waals surface area contributed by atoms with E-state index in [9.17, 15) is 0 Å². The Morgan fingerprint density at radius 3 is 2.92 bits per heavy atom. The fourth-order valence-corrected chi connectivity index (χ4v) is 3.41. The Balaban J connectivity index is 1.45. The molecule has 5 rings (SSSR count). The Morgan fingerprint density at radius 1 is 1.25 bits per heavy atom. The van der Waals surface area contributed by atoms with Crippen LogP contribution in [0, 0.1) is 0 Å². The summed E-state index contributed by atoms with van der Waals surface area (Å²) >= 11 is 0. The Kier molecular flexibility index (Phi) is 2.80. The number of hydrogen-bond acceptors (Lipinski definition) is 6. The van der Waals surface area contributed by atoms with Crippen molar-refractivity contribution in [2.75, 3.05) is 0 Å². The van der Waals surface area contributed by atoms with Crippen molar-refractivity contribution in [3.63, 3.8) is 0 Å². The van der Waals surface area contributed by atoms with Crippen LogP contribution in [-0.2, 0) is 13.5 Å². The Hall–Kier alpha value is -2.70. The Bertz CT molecular complexity index is 909. The van der Waals surface area contributed by atoms with Gasteiger partial charge in [-0.15, -0.1) is 0 Å². The Morgan fingerprint density at radius 2 is 2.17 bits per heavy atom. The lowest BCUT2D eigenvalue weighted by Gasteiger charge is -2.44. The SMILES string of the molecule is Cn1ccc(-c2noc(-c3cnc4c(c3)CCC3(CCC3)O4)n2)n1. The number of aryl methyl sites for hydroxylation is 2. The van der Waals surface area contributed by atoms with Crippen molar-refractivity contribution in [3.8, 4) is 28.9 Å². The number of rotatable bonds is 2. The van der Waals surface area contributed by atoms with Crippen molar-refractivity contribution in [2.24, 2.45) is 7.05 Å². The molecule has 3 aromatic rings. The minimum absolute atomic E-state index is 0.0537. The highest BCUT2D eigenvalue weighted by Gasteiger charge is 2.42. The molecule has 0 saturated heterocycles. The molecule has 4 heterocycles. The monoisotopic (exact) mass is 323 g/mol. The van der Waals surface area contributed by atoms with Crippen molar-refractivity contribution in [3.05, 3.63) is 30.1 Å². The van der Waals surface area contributed by atoms with Crippen LogP contribution in [-0.4, -0.2) is 30.5 Å². The molecule has 1 aliphatic carbocycles. The highest BCUT2D eigenvalue weighted by Crippen LogP contribution is 2.44. The molecule has 0 atom stereocenters. The van der Waals surface area contributed by atoms with Gasteiger partial charge in [0.05, 0.1) is 5.56 Å². The molecule has 0 aromatic carbocycles. The lowest BCUT2D eigenvalue weighted by Crippen LogP contribution is -2.45. The maximum atomic E-state index is 6.13. The lowest BCUT2D eigenvalue weighted by atomic mass is 9.75. The van der Waals surface area contributed by atoms with E-state index in [4.69, 9.17) is 9.26 Å². The number of pyridine rings is 1. The van der Waals surface area contributed by atoms with Gasteiger partial charge in [0.15, 0.2) is 0 Å². The molecule has 0 unspecified atom stereocenters. The van der Waals surface area contributed by atoms with Gasteiger partial charge in [-0.2, -0.15) is 10.1 Å². The number of aromatic nitrogens is 5. The molecule has 0 bridgehead atoms. The summed E-state index contributed by atoms with van der Waals surface area (Å²) in [6.45, 7) is 0. The van der Waals surface area contributed by atoms with Crippen molar-refractivity contribution in [1.82, 2.24) is 24.9 Å². The van der Waals surface area contributed by atoms with Crippen LogP contribution in [0.2, 0.25) is 0 Å². The van der Waals surface area contributed by atoms with E-state index in [-0.39, 0.29) is 5.60 Å². The van der Waals surface area contributed by atoms with Crippen molar-refractivity contribution in [2.45, 2.75) is 37.7 Å². The predicted molar refractivity (Wildman–Crippen MR) is 85.3 cm³/mol. The number of hydrogen-bond donors (Lipinski definition) is 0. The first kappa shape index (κ1) is 13.7. The van der Waals surface area contributed by atoms with E-state index in [1.54, 1.807) is 10.9 Å². The maximum absolute atomic E-state index is 6.13. The van der Waals surface area contributed by atoms with Crippen LogP contribution < -0.4 is 4.74 Å². The van der Waals surface area contributed by atoms with Gasteiger partial charge in [0.2, 0.25) is 11.7 Å². The van der Waals surface area contributed by atoms with Gasteiger partial charge in [0.25, 0.3) is 5.89 Å². The average molecular weight is 323 g/mol. The van der Waals surface area contributed by atoms with Gasteiger partial charge < -0.3 is 9.26 Å². The molecule has 0 amide bonds. The summed E-state index contributed by atoms with van der Waals surface area (Å²) in [6.07, 6.45) is 9.18. The van der Waals surface area contributed by atoms with Crippen LogP contribution in [0.3, 0.4) is 0 Å². The van der Waals surface area contributed by atoms with Gasteiger partial charge >= 0.3 is 0 Å².